The van der Waals surface area contributed by atoms with Gasteiger partial charge in [0.1, 0.15) is 36.2 Å². The number of aromatic nitrogens is 1. The summed E-state index contributed by atoms with van der Waals surface area (Å²) >= 11 is 0. The van der Waals surface area contributed by atoms with Crippen molar-refractivity contribution in [2.75, 3.05) is 6.61 Å². The Morgan fingerprint density at radius 3 is 2.62 bits per heavy atom. The van der Waals surface area contributed by atoms with Crippen molar-refractivity contribution >= 4 is 31.5 Å². The fraction of sp³-hybridized carbons (Fsp3) is 0.281. The molecular formula is C32H35N3O9P+. The monoisotopic (exact) mass is 636 g/mol. The zero-order chi connectivity index (χ0) is 32.0. The maximum absolute atomic E-state index is 14.3. The number of carbonyl (C=O) groups is 2. The molecule has 0 bridgehead atoms. The van der Waals surface area contributed by atoms with Gasteiger partial charge >= 0.3 is 13.7 Å². The Bertz CT molecular complexity index is 1730. The molecule has 12 nitrogen and oxygen atoms in total. The van der Waals surface area contributed by atoms with E-state index in [-0.39, 0.29) is 17.9 Å². The molecule has 2 aliphatic rings. The van der Waals surface area contributed by atoms with E-state index in [1.165, 1.54) is 30.0 Å². The minimum atomic E-state index is -4.37. The molecule has 1 amide bonds. The standard InChI is InChI=1S/C32H34N3O9P/c1-21(32(39)41-19-22-10-3-2-4-11-22)34-45(40,44-26-16-8-6-13-23-12-5-7-15-25(23)26)42-20-27-28(36)29(37)31(43-27)35-17-9-14-24(18-35)30(33)38/h2-5,7-18,21,27-29,31,36-37H,6,19-20H2,1H3,(H2-,33,34,38,40)/p+1/t21-,27?,28?,29?,31?,45?/m0/s1. The normalized spacial score (nSPS) is 22.8. The van der Waals surface area contributed by atoms with Gasteiger partial charge in [-0.25, -0.2) is 4.57 Å². The molecule has 5 N–H and O–H groups in total. The molecule has 0 radical (unpaired) electrons. The van der Waals surface area contributed by atoms with Crippen LogP contribution in [0.15, 0.2) is 91.3 Å². The van der Waals surface area contributed by atoms with E-state index >= 15 is 0 Å². The second-order valence-corrected chi connectivity index (χ2v) is 12.3. The van der Waals surface area contributed by atoms with Crippen LogP contribution in [0.25, 0.3) is 11.8 Å². The molecule has 0 spiro atoms. The topological polar surface area (TPSA) is 171 Å². The van der Waals surface area contributed by atoms with Crippen LogP contribution in [-0.4, -0.2) is 53.1 Å². The quantitative estimate of drug-likeness (QED) is 0.128. The number of fused-ring (bicyclic) bond motifs is 1. The Balaban J connectivity index is 1.36. The zero-order valence-corrected chi connectivity index (χ0v) is 25.4. The smallest absolute Gasteiger partial charge is 0.459 e. The minimum absolute atomic E-state index is 0.0109. The number of hydrogen-bond donors (Lipinski definition) is 4. The molecule has 1 aliphatic heterocycles. The van der Waals surface area contributed by atoms with E-state index in [0.717, 1.165) is 10.8 Å². The Kier molecular flexibility index (Phi) is 10.2. The minimum Gasteiger partial charge on any atom is -0.460 e. The highest BCUT2D eigenvalue weighted by atomic mass is 31.2. The van der Waals surface area contributed by atoms with Gasteiger partial charge in [-0.2, -0.15) is 9.65 Å². The number of benzene rings is 2. The van der Waals surface area contributed by atoms with Crippen LogP contribution in [0, 0.1) is 0 Å². The van der Waals surface area contributed by atoms with Gasteiger partial charge in [-0.1, -0.05) is 66.7 Å². The van der Waals surface area contributed by atoms with Crippen LogP contribution in [0.3, 0.4) is 0 Å². The number of aliphatic hydroxyl groups is 2. The van der Waals surface area contributed by atoms with E-state index in [9.17, 15) is 24.4 Å². The van der Waals surface area contributed by atoms with Crippen molar-refractivity contribution < 1.29 is 47.5 Å². The van der Waals surface area contributed by atoms with Crippen molar-refractivity contribution in [3.63, 3.8) is 0 Å². The first-order chi connectivity index (χ1) is 21.6. The molecule has 3 aromatic rings. The van der Waals surface area contributed by atoms with Gasteiger partial charge in [-0.3, -0.25) is 14.1 Å². The van der Waals surface area contributed by atoms with Crippen molar-refractivity contribution in [2.45, 2.75) is 50.5 Å². The molecule has 2 heterocycles. The van der Waals surface area contributed by atoms with Crippen LogP contribution in [0.1, 0.15) is 35.5 Å². The molecule has 13 heteroatoms. The first kappa shape index (κ1) is 32.2. The number of allylic oxidation sites excluding steroid dienone is 1. The maximum Gasteiger partial charge on any atom is 0.459 e. The summed E-state index contributed by atoms with van der Waals surface area (Å²) in [4.78, 5) is 24.5. The van der Waals surface area contributed by atoms with Crippen molar-refractivity contribution in [1.82, 2.24) is 5.09 Å². The number of nitrogens with two attached hydrogens (primary N) is 1. The predicted molar refractivity (Wildman–Crippen MR) is 162 cm³/mol. The molecule has 1 fully saturated rings. The summed E-state index contributed by atoms with van der Waals surface area (Å²) in [6, 6.07) is 18.4. The number of carbonyl (C=O) groups excluding carboxylic acids is 2. The first-order valence-electron chi connectivity index (χ1n) is 14.3. The summed E-state index contributed by atoms with van der Waals surface area (Å²) in [7, 11) is -4.37. The van der Waals surface area contributed by atoms with Crippen molar-refractivity contribution in [2.24, 2.45) is 5.73 Å². The number of nitrogens with zero attached hydrogens (tertiary/aromatic N) is 1. The SMILES string of the molecule is C[C@H](NP(=O)(OCC1OC([n+]2cccc(C(N)=O)c2)C(O)C1O)OC1=c2ccccc2=CCC=C1)C(=O)OCc1ccccc1. The molecule has 1 saturated heterocycles. The van der Waals surface area contributed by atoms with Crippen molar-refractivity contribution in [1.29, 1.82) is 0 Å². The summed E-state index contributed by atoms with van der Waals surface area (Å²) in [6.07, 6.45) is 3.88. The molecule has 6 atom stereocenters. The van der Waals surface area contributed by atoms with Gasteiger partial charge in [0.25, 0.3) is 12.1 Å². The number of primary amides is 1. The number of hydrogen-bond acceptors (Lipinski definition) is 9. The molecule has 5 unspecified atom stereocenters. The van der Waals surface area contributed by atoms with E-state index < -0.39 is 56.8 Å². The van der Waals surface area contributed by atoms with Gasteiger partial charge in [0, 0.05) is 11.3 Å². The lowest BCUT2D eigenvalue weighted by molar-refractivity contribution is -0.765. The summed E-state index contributed by atoms with van der Waals surface area (Å²) in [5.41, 5.74) is 6.32. The van der Waals surface area contributed by atoms with Gasteiger partial charge in [0.05, 0.1) is 6.61 Å². The predicted octanol–water partition coefficient (Wildman–Crippen LogP) is 1.10. The summed E-state index contributed by atoms with van der Waals surface area (Å²) in [6.45, 7) is 0.980. The van der Waals surface area contributed by atoms with E-state index in [1.807, 2.05) is 60.7 Å². The van der Waals surface area contributed by atoms with Crippen molar-refractivity contribution in [3.8, 4) is 0 Å². The molecule has 1 aliphatic carbocycles. The van der Waals surface area contributed by atoms with Crippen LogP contribution in [-0.2, 0) is 34.5 Å². The van der Waals surface area contributed by atoms with E-state index in [4.69, 9.17) is 24.3 Å². The molecule has 2 aromatic carbocycles. The van der Waals surface area contributed by atoms with Gasteiger partial charge in [0.2, 0.25) is 0 Å². The van der Waals surface area contributed by atoms with Crippen LogP contribution >= 0.6 is 7.75 Å². The fourth-order valence-corrected chi connectivity index (χ4v) is 6.40. The first-order valence-corrected chi connectivity index (χ1v) is 15.9. The number of ether oxygens (including phenoxy) is 2. The third-order valence-electron chi connectivity index (χ3n) is 7.26. The van der Waals surface area contributed by atoms with E-state index in [2.05, 4.69) is 5.09 Å². The molecule has 0 saturated carbocycles. The average molecular weight is 637 g/mol. The van der Waals surface area contributed by atoms with Gasteiger partial charge < -0.3 is 29.9 Å². The van der Waals surface area contributed by atoms with Crippen molar-refractivity contribution in [3.05, 3.63) is 113 Å². The van der Waals surface area contributed by atoms with E-state index in [1.54, 1.807) is 18.2 Å². The van der Waals surface area contributed by atoms with Crippen LogP contribution < -0.4 is 25.8 Å². The third-order valence-corrected chi connectivity index (χ3v) is 8.89. The van der Waals surface area contributed by atoms with Crippen LogP contribution in [0.4, 0.5) is 0 Å². The number of amides is 1. The second kappa shape index (κ2) is 14.3. The van der Waals surface area contributed by atoms with Crippen LogP contribution in [0.5, 0.6) is 0 Å². The highest BCUT2D eigenvalue weighted by molar-refractivity contribution is 7.52. The number of rotatable bonds is 12. The molecule has 1 aromatic heterocycles. The van der Waals surface area contributed by atoms with Gasteiger partial charge in [-0.15, -0.1) is 0 Å². The summed E-state index contributed by atoms with van der Waals surface area (Å²) in [5, 5.41) is 25.7. The molecular weight excluding hydrogens is 601 g/mol. The second-order valence-electron chi connectivity index (χ2n) is 10.6. The highest BCUT2D eigenvalue weighted by Crippen LogP contribution is 2.48. The number of esters is 1. The summed E-state index contributed by atoms with van der Waals surface area (Å²) < 4.78 is 38.8. The lowest BCUT2D eigenvalue weighted by Gasteiger charge is -2.25. The average Bonchev–Trinajstić information content (AvgIpc) is 3.19. The number of aliphatic hydroxyl groups excluding tert-OH is 2. The maximum atomic E-state index is 14.3. The van der Waals surface area contributed by atoms with Gasteiger partial charge in [0.15, 0.2) is 18.5 Å². The lowest BCUT2D eigenvalue weighted by Crippen LogP contribution is -2.46. The largest absolute Gasteiger partial charge is 0.460 e. The lowest BCUT2D eigenvalue weighted by atomic mass is 10.1. The van der Waals surface area contributed by atoms with Crippen LogP contribution in [0.2, 0.25) is 0 Å². The Hall–Kier alpha value is -4.16. The number of pyridine rings is 1. The third kappa shape index (κ3) is 7.93. The molecule has 45 heavy (non-hydrogen) atoms. The highest BCUT2D eigenvalue weighted by Gasteiger charge is 2.49. The number of nitrogens with one attached hydrogen (secondary N) is 1. The Morgan fingerprint density at radius 2 is 1.84 bits per heavy atom. The fourth-order valence-electron chi connectivity index (χ4n) is 4.88. The van der Waals surface area contributed by atoms with Gasteiger partial charge in [-0.05, 0) is 36.3 Å². The Morgan fingerprint density at radius 1 is 1.09 bits per heavy atom. The molecule has 5 rings (SSSR count). The Labute approximate surface area is 259 Å². The summed E-state index contributed by atoms with van der Waals surface area (Å²) in [5.74, 6) is -1.13. The zero-order valence-electron chi connectivity index (χ0n) is 24.5. The van der Waals surface area contributed by atoms with E-state index in [0.29, 0.717) is 11.6 Å². The molecule has 236 valence electrons.